The second-order valence-electron chi connectivity index (χ2n) is 3.63. The van der Waals surface area contributed by atoms with E-state index in [1.807, 2.05) is 11.0 Å². The summed E-state index contributed by atoms with van der Waals surface area (Å²) >= 11 is 3.25. The number of hydrogen-bond acceptors (Lipinski definition) is 4. The maximum absolute atomic E-state index is 11.0. The standard InChI is InChI=1S/C10H12BrN3O2/c11-8-1-2-9(10(7-8)14(15)16)13-5-3-12-4-6-13/h1-2,7,12H,3-6H2. The van der Waals surface area contributed by atoms with E-state index in [0.29, 0.717) is 5.69 Å². The predicted octanol–water partition coefficient (Wildman–Crippen LogP) is 1.77. The van der Waals surface area contributed by atoms with Gasteiger partial charge in [0.2, 0.25) is 0 Å². The van der Waals surface area contributed by atoms with Crippen LogP contribution in [0.15, 0.2) is 22.7 Å². The summed E-state index contributed by atoms with van der Waals surface area (Å²) in [5.41, 5.74) is 0.867. The van der Waals surface area contributed by atoms with E-state index in [1.165, 1.54) is 0 Å². The van der Waals surface area contributed by atoms with Gasteiger partial charge in [0.25, 0.3) is 5.69 Å². The molecule has 1 aliphatic heterocycles. The number of nitro groups is 1. The van der Waals surface area contributed by atoms with Crippen LogP contribution in [0.4, 0.5) is 11.4 Å². The van der Waals surface area contributed by atoms with Crippen LogP contribution in [0.5, 0.6) is 0 Å². The molecule has 16 heavy (non-hydrogen) atoms. The quantitative estimate of drug-likeness (QED) is 0.665. The Morgan fingerprint density at radius 2 is 2.06 bits per heavy atom. The number of benzene rings is 1. The molecule has 0 atom stereocenters. The van der Waals surface area contributed by atoms with Crippen molar-refractivity contribution in [1.82, 2.24) is 5.32 Å². The lowest BCUT2D eigenvalue weighted by Crippen LogP contribution is -2.43. The van der Waals surface area contributed by atoms with Gasteiger partial charge in [-0.05, 0) is 12.1 Å². The molecule has 2 rings (SSSR count). The zero-order valence-electron chi connectivity index (χ0n) is 8.65. The Labute approximate surface area is 102 Å². The number of rotatable bonds is 2. The molecule has 1 N–H and O–H groups in total. The molecule has 1 aromatic rings. The number of nitro benzene ring substituents is 1. The Bertz CT molecular complexity index is 405. The second kappa shape index (κ2) is 4.80. The lowest BCUT2D eigenvalue weighted by molar-refractivity contribution is -0.384. The van der Waals surface area contributed by atoms with Crippen molar-refractivity contribution < 1.29 is 4.92 Å². The maximum Gasteiger partial charge on any atom is 0.293 e. The average molecular weight is 286 g/mol. The van der Waals surface area contributed by atoms with Crippen LogP contribution in [-0.4, -0.2) is 31.1 Å². The van der Waals surface area contributed by atoms with E-state index in [4.69, 9.17) is 0 Å². The topological polar surface area (TPSA) is 58.4 Å². The fraction of sp³-hybridized carbons (Fsp3) is 0.400. The van der Waals surface area contributed by atoms with Gasteiger partial charge in [0.1, 0.15) is 5.69 Å². The number of hydrogen-bond donors (Lipinski definition) is 1. The van der Waals surface area contributed by atoms with Crippen molar-refractivity contribution >= 4 is 27.3 Å². The van der Waals surface area contributed by atoms with Crippen LogP contribution in [0.1, 0.15) is 0 Å². The zero-order valence-corrected chi connectivity index (χ0v) is 10.2. The van der Waals surface area contributed by atoms with Gasteiger partial charge >= 0.3 is 0 Å². The van der Waals surface area contributed by atoms with Gasteiger partial charge in [-0.1, -0.05) is 15.9 Å². The molecule has 0 bridgehead atoms. The number of halogens is 1. The third-order valence-electron chi connectivity index (χ3n) is 2.59. The summed E-state index contributed by atoms with van der Waals surface area (Å²) in [6, 6.07) is 5.19. The van der Waals surface area contributed by atoms with Crippen LogP contribution in [0, 0.1) is 10.1 Å². The van der Waals surface area contributed by atoms with Gasteiger partial charge < -0.3 is 10.2 Å². The Balaban J connectivity index is 2.34. The first kappa shape index (κ1) is 11.3. The molecule has 0 spiro atoms. The Morgan fingerprint density at radius 1 is 1.38 bits per heavy atom. The van der Waals surface area contributed by atoms with Crippen LogP contribution in [0.3, 0.4) is 0 Å². The molecule has 1 heterocycles. The molecule has 0 radical (unpaired) electrons. The summed E-state index contributed by atoms with van der Waals surface area (Å²) in [6.45, 7) is 3.35. The minimum absolute atomic E-state index is 0.163. The number of nitrogens with one attached hydrogen (secondary N) is 1. The van der Waals surface area contributed by atoms with Gasteiger partial charge in [0.05, 0.1) is 4.92 Å². The van der Waals surface area contributed by atoms with E-state index < -0.39 is 0 Å². The van der Waals surface area contributed by atoms with Gasteiger partial charge in [-0.15, -0.1) is 0 Å². The highest BCUT2D eigenvalue weighted by Crippen LogP contribution is 2.31. The fourth-order valence-corrected chi connectivity index (χ4v) is 2.16. The van der Waals surface area contributed by atoms with E-state index in [2.05, 4.69) is 21.2 Å². The van der Waals surface area contributed by atoms with Crippen LogP contribution >= 0.6 is 15.9 Å². The van der Waals surface area contributed by atoms with Gasteiger partial charge in [-0.2, -0.15) is 0 Å². The molecule has 0 aromatic heterocycles. The number of nitrogens with zero attached hydrogens (tertiary/aromatic N) is 2. The summed E-state index contributed by atoms with van der Waals surface area (Å²) in [5, 5.41) is 14.2. The minimum atomic E-state index is -0.331. The van der Waals surface area contributed by atoms with Gasteiger partial charge in [0, 0.05) is 36.7 Å². The molecule has 1 saturated heterocycles. The summed E-state index contributed by atoms with van der Waals surface area (Å²) in [4.78, 5) is 12.7. The first-order valence-corrected chi connectivity index (χ1v) is 5.87. The van der Waals surface area contributed by atoms with E-state index in [-0.39, 0.29) is 10.6 Å². The molecule has 0 amide bonds. The van der Waals surface area contributed by atoms with Gasteiger partial charge in [0.15, 0.2) is 0 Å². The van der Waals surface area contributed by atoms with Crippen LogP contribution in [-0.2, 0) is 0 Å². The van der Waals surface area contributed by atoms with Crippen molar-refractivity contribution in [1.29, 1.82) is 0 Å². The highest BCUT2D eigenvalue weighted by molar-refractivity contribution is 9.10. The molecular weight excluding hydrogens is 274 g/mol. The normalized spacial score (nSPS) is 16.2. The van der Waals surface area contributed by atoms with Crippen molar-refractivity contribution in [3.63, 3.8) is 0 Å². The molecule has 5 nitrogen and oxygen atoms in total. The molecule has 0 unspecified atom stereocenters. The largest absolute Gasteiger partial charge is 0.363 e. The van der Waals surface area contributed by atoms with Gasteiger partial charge in [-0.25, -0.2) is 0 Å². The molecule has 0 aliphatic carbocycles. The molecule has 1 aliphatic rings. The molecule has 1 fully saturated rings. The first-order valence-electron chi connectivity index (χ1n) is 5.08. The van der Waals surface area contributed by atoms with E-state index >= 15 is 0 Å². The van der Waals surface area contributed by atoms with E-state index in [9.17, 15) is 10.1 Å². The summed E-state index contributed by atoms with van der Waals surface area (Å²) in [7, 11) is 0. The van der Waals surface area contributed by atoms with Crippen LogP contribution < -0.4 is 10.2 Å². The zero-order chi connectivity index (χ0) is 11.5. The van der Waals surface area contributed by atoms with Crippen molar-refractivity contribution in [3.8, 4) is 0 Å². The monoisotopic (exact) mass is 285 g/mol. The number of piperazine rings is 1. The van der Waals surface area contributed by atoms with E-state index in [1.54, 1.807) is 12.1 Å². The van der Waals surface area contributed by atoms with Gasteiger partial charge in [-0.3, -0.25) is 10.1 Å². The SMILES string of the molecule is O=[N+]([O-])c1cc(Br)ccc1N1CCNCC1. The highest BCUT2D eigenvalue weighted by Gasteiger charge is 2.20. The summed E-state index contributed by atoms with van der Waals surface area (Å²) in [5.74, 6) is 0. The van der Waals surface area contributed by atoms with Crippen LogP contribution in [0.2, 0.25) is 0 Å². The highest BCUT2D eigenvalue weighted by atomic mass is 79.9. The fourth-order valence-electron chi connectivity index (χ4n) is 1.82. The van der Waals surface area contributed by atoms with Crippen molar-refractivity contribution in [2.45, 2.75) is 0 Å². The predicted molar refractivity (Wildman–Crippen MR) is 65.9 cm³/mol. The van der Waals surface area contributed by atoms with Crippen molar-refractivity contribution in [3.05, 3.63) is 32.8 Å². The molecule has 0 saturated carbocycles. The molecule has 6 heteroatoms. The summed E-state index contributed by atoms with van der Waals surface area (Å²) in [6.07, 6.45) is 0. The summed E-state index contributed by atoms with van der Waals surface area (Å²) < 4.78 is 0.734. The minimum Gasteiger partial charge on any atom is -0.363 e. The Morgan fingerprint density at radius 3 is 2.69 bits per heavy atom. The average Bonchev–Trinajstić information content (AvgIpc) is 2.30. The Kier molecular flexibility index (Phi) is 3.40. The third kappa shape index (κ3) is 2.33. The Hall–Kier alpha value is -1.14. The molecule has 1 aromatic carbocycles. The maximum atomic E-state index is 11.0. The van der Waals surface area contributed by atoms with Crippen molar-refractivity contribution in [2.24, 2.45) is 0 Å². The smallest absolute Gasteiger partial charge is 0.293 e. The van der Waals surface area contributed by atoms with Crippen molar-refractivity contribution in [2.75, 3.05) is 31.1 Å². The van der Waals surface area contributed by atoms with E-state index in [0.717, 1.165) is 30.7 Å². The second-order valence-corrected chi connectivity index (χ2v) is 4.54. The van der Waals surface area contributed by atoms with Crippen LogP contribution in [0.25, 0.3) is 0 Å². The third-order valence-corrected chi connectivity index (χ3v) is 3.09. The first-order chi connectivity index (χ1) is 7.68. The molecular formula is C10H12BrN3O2. The lowest BCUT2D eigenvalue weighted by atomic mass is 10.2. The molecule has 86 valence electrons. The lowest BCUT2D eigenvalue weighted by Gasteiger charge is -2.29. The number of anilines is 1.